The topological polar surface area (TPSA) is 60.9 Å². The minimum Gasteiger partial charge on any atom is -0.481 e. The highest BCUT2D eigenvalue weighted by Gasteiger charge is 2.53. The van der Waals surface area contributed by atoms with E-state index in [2.05, 4.69) is 6.92 Å². The Balaban J connectivity index is 0.00000288. The first kappa shape index (κ1) is 21.0. The van der Waals surface area contributed by atoms with E-state index in [0.717, 1.165) is 12.8 Å². The molecule has 2 rings (SSSR count). The van der Waals surface area contributed by atoms with E-state index in [4.69, 9.17) is 5.11 Å². The van der Waals surface area contributed by atoms with Crippen molar-refractivity contribution in [1.29, 1.82) is 0 Å². The Kier molecular flexibility index (Phi) is 6.93. The molecule has 3 atom stereocenters. The molecular formula is C15H24ClF3N2O3. The average Bonchev–Trinajstić information content (AvgIpc) is 2.92. The van der Waals surface area contributed by atoms with Gasteiger partial charge in [-0.25, -0.2) is 0 Å². The monoisotopic (exact) mass is 372 g/mol. The summed E-state index contributed by atoms with van der Waals surface area (Å²) in [7, 11) is 0. The number of nitrogens with zero attached hydrogens (tertiary/aromatic N) is 2. The number of alkyl halides is 3. The summed E-state index contributed by atoms with van der Waals surface area (Å²) in [5.41, 5.74) is 0. The number of carboxylic acids is 1. The van der Waals surface area contributed by atoms with Crippen molar-refractivity contribution >= 4 is 24.3 Å². The third-order valence-corrected chi connectivity index (χ3v) is 5.09. The lowest BCUT2D eigenvalue weighted by Gasteiger charge is -2.34. The molecule has 0 aromatic rings. The lowest BCUT2D eigenvalue weighted by atomic mass is 9.96. The van der Waals surface area contributed by atoms with Gasteiger partial charge in [0.1, 0.15) is 0 Å². The van der Waals surface area contributed by atoms with Gasteiger partial charge in [0.25, 0.3) is 0 Å². The molecule has 0 radical (unpaired) electrons. The maximum atomic E-state index is 13.0. The SMILES string of the molecule is CC1CCN(C(=O)C(C)N2C[C@@H](C(F)(F)F)[C@H](C(=O)O)C2)CC1.Cl. The van der Waals surface area contributed by atoms with Gasteiger partial charge in [-0.15, -0.1) is 12.4 Å². The molecule has 0 bridgehead atoms. The van der Waals surface area contributed by atoms with E-state index < -0.39 is 36.6 Å². The van der Waals surface area contributed by atoms with Gasteiger partial charge in [0.2, 0.25) is 5.91 Å². The van der Waals surface area contributed by atoms with E-state index in [-0.39, 0.29) is 24.9 Å². The first-order chi connectivity index (χ1) is 10.6. The largest absolute Gasteiger partial charge is 0.481 e. The molecule has 9 heteroatoms. The quantitative estimate of drug-likeness (QED) is 0.825. The highest BCUT2D eigenvalue weighted by Crippen LogP contribution is 2.38. The molecule has 1 N–H and O–H groups in total. The Morgan fingerprint density at radius 3 is 2.12 bits per heavy atom. The zero-order chi connectivity index (χ0) is 17.4. The van der Waals surface area contributed by atoms with E-state index in [1.54, 1.807) is 11.8 Å². The van der Waals surface area contributed by atoms with E-state index in [0.29, 0.717) is 19.0 Å². The molecule has 0 aromatic heterocycles. The van der Waals surface area contributed by atoms with Crippen LogP contribution in [0.1, 0.15) is 26.7 Å². The molecule has 0 spiro atoms. The van der Waals surface area contributed by atoms with Crippen LogP contribution < -0.4 is 0 Å². The third-order valence-electron chi connectivity index (χ3n) is 5.09. The van der Waals surface area contributed by atoms with Gasteiger partial charge in [-0.2, -0.15) is 13.2 Å². The van der Waals surface area contributed by atoms with Crippen LogP contribution in [0.3, 0.4) is 0 Å². The maximum absolute atomic E-state index is 13.0. The normalized spacial score (nSPS) is 27.6. The van der Waals surface area contributed by atoms with Gasteiger partial charge in [0.05, 0.1) is 17.9 Å². The first-order valence-corrected chi connectivity index (χ1v) is 7.93. The minimum absolute atomic E-state index is 0. The molecule has 140 valence electrons. The number of halogens is 4. The molecule has 2 heterocycles. The number of carbonyl (C=O) groups is 2. The highest BCUT2D eigenvalue weighted by atomic mass is 35.5. The molecular weight excluding hydrogens is 349 g/mol. The van der Waals surface area contributed by atoms with Gasteiger partial charge in [-0.05, 0) is 25.7 Å². The Morgan fingerprint density at radius 1 is 1.17 bits per heavy atom. The van der Waals surface area contributed by atoms with Crippen LogP contribution in [0.4, 0.5) is 13.2 Å². The van der Waals surface area contributed by atoms with E-state index in [1.807, 2.05) is 0 Å². The van der Waals surface area contributed by atoms with Crippen molar-refractivity contribution in [3.8, 4) is 0 Å². The zero-order valence-electron chi connectivity index (χ0n) is 13.8. The Hall–Kier alpha value is -1.02. The summed E-state index contributed by atoms with van der Waals surface area (Å²) in [4.78, 5) is 26.6. The lowest BCUT2D eigenvalue weighted by Crippen LogP contribution is -2.49. The molecule has 24 heavy (non-hydrogen) atoms. The molecule has 1 amide bonds. The first-order valence-electron chi connectivity index (χ1n) is 7.93. The van der Waals surface area contributed by atoms with Crippen molar-refractivity contribution < 1.29 is 27.9 Å². The van der Waals surface area contributed by atoms with Gasteiger partial charge in [-0.3, -0.25) is 14.5 Å². The molecule has 2 aliphatic rings. The standard InChI is InChI=1S/C15H23F3N2O3.ClH/c1-9-3-5-19(6-4-9)13(21)10(2)20-7-11(14(22)23)12(8-20)15(16,17)18;/h9-12H,3-8H2,1-2H3,(H,22,23);1H/t10?,11-,12-;/m1./s1. The number of aliphatic carboxylic acids is 1. The Bertz CT molecular complexity index is 467. The summed E-state index contributed by atoms with van der Waals surface area (Å²) >= 11 is 0. The molecule has 0 aromatic carbocycles. The average molecular weight is 373 g/mol. The fourth-order valence-electron chi connectivity index (χ4n) is 3.38. The molecule has 0 saturated carbocycles. The van der Waals surface area contributed by atoms with E-state index in [1.165, 1.54) is 4.90 Å². The smallest absolute Gasteiger partial charge is 0.393 e. The van der Waals surface area contributed by atoms with Gasteiger partial charge in [-0.1, -0.05) is 6.92 Å². The predicted molar refractivity (Wildman–Crippen MR) is 83.9 cm³/mol. The number of carbonyl (C=O) groups excluding carboxylic acids is 1. The summed E-state index contributed by atoms with van der Waals surface area (Å²) in [5, 5.41) is 9.04. The second kappa shape index (κ2) is 7.91. The van der Waals surface area contributed by atoms with Gasteiger partial charge in [0.15, 0.2) is 0 Å². The summed E-state index contributed by atoms with van der Waals surface area (Å²) in [6, 6.07) is -0.724. The van der Waals surface area contributed by atoms with Crippen LogP contribution in [0, 0.1) is 17.8 Å². The molecule has 2 aliphatic heterocycles. The fourth-order valence-corrected chi connectivity index (χ4v) is 3.38. The summed E-state index contributed by atoms with van der Waals surface area (Å²) in [6.45, 7) is 4.23. The number of hydrogen-bond donors (Lipinski definition) is 1. The number of hydrogen-bond acceptors (Lipinski definition) is 3. The number of rotatable bonds is 3. The fraction of sp³-hybridized carbons (Fsp3) is 0.867. The van der Waals surface area contributed by atoms with Crippen LogP contribution in [-0.2, 0) is 9.59 Å². The van der Waals surface area contributed by atoms with Gasteiger partial charge in [0, 0.05) is 26.2 Å². The second-order valence-electron chi connectivity index (χ2n) is 6.73. The zero-order valence-corrected chi connectivity index (χ0v) is 14.6. The van der Waals surface area contributed by atoms with Crippen LogP contribution in [0.2, 0.25) is 0 Å². The van der Waals surface area contributed by atoms with Crippen molar-refractivity contribution in [3.63, 3.8) is 0 Å². The molecule has 5 nitrogen and oxygen atoms in total. The van der Waals surface area contributed by atoms with Crippen LogP contribution >= 0.6 is 12.4 Å². The molecule has 1 unspecified atom stereocenters. The van der Waals surface area contributed by atoms with Crippen LogP contribution in [-0.4, -0.2) is 65.2 Å². The van der Waals surface area contributed by atoms with Crippen molar-refractivity contribution in [3.05, 3.63) is 0 Å². The summed E-state index contributed by atoms with van der Waals surface area (Å²) in [5.74, 6) is -4.54. The minimum atomic E-state index is -4.57. The molecule has 2 fully saturated rings. The van der Waals surface area contributed by atoms with Crippen LogP contribution in [0.25, 0.3) is 0 Å². The van der Waals surface area contributed by atoms with Crippen molar-refractivity contribution in [1.82, 2.24) is 9.80 Å². The second-order valence-corrected chi connectivity index (χ2v) is 6.73. The van der Waals surface area contributed by atoms with Crippen LogP contribution in [0.5, 0.6) is 0 Å². The number of carboxylic acid groups (broad SMARTS) is 1. The number of piperidine rings is 1. The Labute approximate surface area is 145 Å². The van der Waals surface area contributed by atoms with E-state index in [9.17, 15) is 22.8 Å². The van der Waals surface area contributed by atoms with E-state index >= 15 is 0 Å². The van der Waals surface area contributed by atoms with Crippen molar-refractivity contribution in [2.24, 2.45) is 17.8 Å². The maximum Gasteiger partial charge on any atom is 0.393 e. The molecule has 2 saturated heterocycles. The van der Waals surface area contributed by atoms with Crippen molar-refractivity contribution in [2.75, 3.05) is 26.2 Å². The summed E-state index contributed by atoms with van der Waals surface area (Å²) in [6.07, 6.45) is -2.79. The third kappa shape index (κ3) is 4.53. The number of amides is 1. The molecule has 0 aliphatic carbocycles. The van der Waals surface area contributed by atoms with Gasteiger partial charge >= 0.3 is 12.1 Å². The lowest BCUT2D eigenvalue weighted by molar-refractivity contribution is -0.188. The van der Waals surface area contributed by atoms with Crippen molar-refractivity contribution in [2.45, 2.75) is 38.9 Å². The van der Waals surface area contributed by atoms with Crippen LogP contribution in [0.15, 0.2) is 0 Å². The highest BCUT2D eigenvalue weighted by molar-refractivity contribution is 5.85. The summed E-state index contributed by atoms with van der Waals surface area (Å²) < 4.78 is 39.1. The predicted octanol–water partition coefficient (Wildman–Crippen LogP) is 2.25. The Morgan fingerprint density at radius 2 is 1.71 bits per heavy atom. The number of likely N-dealkylation sites (tertiary alicyclic amines) is 2. The van der Waals surface area contributed by atoms with Gasteiger partial charge < -0.3 is 10.0 Å².